The van der Waals surface area contributed by atoms with Gasteiger partial charge in [-0.2, -0.15) is 4.98 Å². The lowest BCUT2D eigenvalue weighted by Gasteiger charge is -2.04. The van der Waals surface area contributed by atoms with E-state index in [4.69, 9.17) is 9.26 Å². The first kappa shape index (κ1) is 12.3. The highest BCUT2D eigenvalue weighted by molar-refractivity contribution is 5.77. The summed E-state index contributed by atoms with van der Waals surface area (Å²) >= 11 is 0. The van der Waals surface area contributed by atoms with E-state index in [-0.39, 0.29) is 12.3 Å². The molecule has 1 fully saturated rings. The van der Waals surface area contributed by atoms with Gasteiger partial charge in [0.15, 0.2) is 0 Å². The van der Waals surface area contributed by atoms with Crippen molar-refractivity contribution in [3.63, 3.8) is 0 Å². The highest BCUT2D eigenvalue weighted by atomic mass is 19.1. The maximum atomic E-state index is 13.5. The Hall–Kier alpha value is -2.50. The zero-order valence-electron chi connectivity index (χ0n) is 11.1. The van der Waals surface area contributed by atoms with Crippen LogP contribution in [-0.4, -0.2) is 15.1 Å². The molecule has 3 heterocycles. The molecule has 0 aromatic carbocycles. The van der Waals surface area contributed by atoms with E-state index in [0.717, 1.165) is 23.9 Å². The largest absolute Gasteiger partial charge is 0.471 e. The molecule has 5 nitrogen and oxygen atoms in total. The first-order valence-electron chi connectivity index (χ1n) is 6.80. The molecule has 0 unspecified atom stereocenters. The summed E-state index contributed by atoms with van der Waals surface area (Å²) in [4.78, 5) is 8.18. The van der Waals surface area contributed by atoms with E-state index in [1.165, 1.54) is 18.3 Å². The Morgan fingerprint density at radius 3 is 3.00 bits per heavy atom. The number of hydrogen-bond acceptors (Lipinski definition) is 5. The molecule has 0 radical (unpaired) electrons. The summed E-state index contributed by atoms with van der Waals surface area (Å²) in [5, 5.41) is 4.99. The molecule has 1 saturated carbocycles. The molecule has 3 aromatic rings. The van der Waals surface area contributed by atoms with Crippen LogP contribution >= 0.6 is 0 Å². The fourth-order valence-corrected chi connectivity index (χ4v) is 2.23. The summed E-state index contributed by atoms with van der Waals surface area (Å²) in [6.07, 6.45) is 3.83. The van der Waals surface area contributed by atoms with Gasteiger partial charge < -0.3 is 9.26 Å². The van der Waals surface area contributed by atoms with Crippen molar-refractivity contribution in [2.45, 2.75) is 25.4 Å². The molecule has 0 saturated heterocycles. The SMILES string of the molecule is Fc1cccnc1COc1ccc2c(C3CC3)noc2n1. The van der Waals surface area contributed by atoms with Crippen molar-refractivity contribution in [1.82, 2.24) is 15.1 Å². The fraction of sp³-hybridized carbons (Fsp3) is 0.267. The Balaban J connectivity index is 1.55. The molecule has 0 amide bonds. The second kappa shape index (κ2) is 4.80. The summed E-state index contributed by atoms with van der Waals surface area (Å²) < 4.78 is 24.2. The van der Waals surface area contributed by atoms with Crippen LogP contribution in [0, 0.1) is 5.82 Å². The lowest BCUT2D eigenvalue weighted by Crippen LogP contribution is -2.02. The Morgan fingerprint density at radius 2 is 2.19 bits per heavy atom. The van der Waals surface area contributed by atoms with Gasteiger partial charge >= 0.3 is 0 Å². The molecule has 21 heavy (non-hydrogen) atoms. The summed E-state index contributed by atoms with van der Waals surface area (Å²) in [6, 6.07) is 6.51. The topological polar surface area (TPSA) is 61.0 Å². The number of fused-ring (bicyclic) bond motifs is 1. The van der Waals surface area contributed by atoms with Crippen LogP contribution in [0.1, 0.15) is 30.1 Å². The van der Waals surface area contributed by atoms with E-state index in [1.807, 2.05) is 6.07 Å². The third-order valence-corrected chi connectivity index (χ3v) is 3.50. The molecule has 6 heteroatoms. The molecular formula is C15H12FN3O2. The summed E-state index contributed by atoms with van der Waals surface area (Å²) in [5.41, 5.74) is 1.67. The summed E-state index contributed by atoms with van der Waals surface area (Å²) in [5.74, 6) is 0.475. The maximum Gasteiger partial charge on any atom is 0.261 e. The van der Waals surface area contributed by atoms with Crippen LogP contribution in [0.5, 0.6) is 5.88 Å². The molecule has 0 bridgehead atoms. The van der Waals surface area contributed by atoms with Crippen molar-refractivity contribution < 1.29 is 13.7 Å². The molecule has 0 N–H and O–H groups in total. The highest BCUT2D eigenvalue weighted by Gasteiger charge is 2.29. The third kappa shape index (κ3) is 2.33. The molecule has 106 valence electrons. The van der Waals surface area contributed by atoms with Gasteiger partial charge in [0.1, 0.15) is 18.1 Å². The van der Waals surface area contributed by atoms with Crippen molar-refractivity contribution in [1.29, 1.82) is 0 Å². The van der Waals surface area contributed by atoms with Gasteiger partial charge in [0.25, 0.3) is 5.71 Å². The van der Waals surface area contributed by atoms with Gasteiger partial charge in [-0.1, -0.05) is 5.16 Å². The number of pyridine rings is 2. The fourth-order valence-electron chi connectivity index (χ4n) is 2.23. The van der Waals surface area contributed by atoms with Crippen LogP contribution in [0.2, 0.25) is 0 Å². The van der Waals surface area contributed by atoms with Crippen molar-refractivity contribution in [3.8, 4) is 5.88 Å². The standard InChI is InChI=1S/C15H12FN3O2/c16-11-2-1-7-17-12(11)8-20-13-6-5-10-14(9-3-4-9)19-21-15(10)18-13/h1-2,5-7,9H,3-4,8H2. The van der Waals surface area contributed by atoms with E-state index in [2.05, 4.69) is 15.1 Å². The molecule has 1 aliphatic rings. The number of ether oxygens (including phenoxy) is 1. The lowest BCUT2D eigenvalue weighted by atomic mass is 10.2. The van der Waals surface area contributed by atoms with Gasteiger partial charge in [-0.3, -0.25) is 4.98 Å². The summed E-state index contributed by atoms with van der Waals surface area (Å²) in [7, 11) is 0. The van der Waals surface area contributed by atoms with Crippen LogP contribution in [0.4, 0.5) is 4.39 Å². The zero-order chi connectivity index (χ0) is 14.2. The summed E-state index contributed by atoms with van der Waals surface area (Å²) in [6.45, 7) is 0.0226. The predicted molar refractivity (Wildman–Crippen MR) is 72.3 cm³/mol. The Labute approximate surface area is 119 Å². The van der Waals surface area contributed by atoms with Crippen molar-refractivity contribution in [3.05, 3.63) is 47.7 Å². The van der Waals surface area contributed by atoms with Crippen LogP contribution in [0.3, 0.4) is 0 Å². The van der Waals surface area contributed by atoms with Crippen molar-refractivity contribution in [2.24, 2.45) is 0 Å². The molecular weight excluding hydrogens is 273 g/mol. The molecule has 0 aliphatic heterocycles. The van der Waals surface area contributed by atoms with Crippen LogP contribution < -0.4 is 4.74 Å². The minimum absolute atomic E-state index is 0.0226. The van der Waals surface area contributed by atoms with E-state index < -0.39 is 5.82 Å². The molecule has 1 aliphatic carbocycles. The smallest absolute Gasteiger partial charge is 0.261 e. The second-order valence-electron chi connectivity index (χ2n) is 5.06. The van der Waals surface area contributed by atoms with Gasteiger partial charge in [-0.25, -0.2) is 4.39 Å². The van der Waals surface area contributed by atoms with E-state index >= 15 is 0 Å². The number of aromatic nitrogens is 3. The van der Waals surface area contributed by atoms with Gasteiger partial charge in [0.05, 0.1) is 11.1 Å². The van der Waals surface area contributed by atoms with Gasteiger partial charge in [-0.05, 0) is 31.0 Å². The molecule has 0 atom stereocenters. The van der Waals surface area contributed by atoms with Crippen molar-refractivity contribution >= 4 is 11.1 Å². The van der Waals surface area contributed by atoms with Gasteiger partial charge in [0.2, 0.25) is 5.88 Å². The Bertz CT molecular complexity index is 798. The van der Waals surface area contributed by atoms with Crippen LogP contribution in [0.15, 0.2) is 35.0 Å². The van der Waals surface area contributed by atoms with Crippen LogP contribution in [-0.2, 0) is 6.61 Å². The van der Waals surface area contributed by atoms with Gasteiger partial charge in [-0.15, -0.1) is 0 Å². The third-order valence-electron chi connectivity index (χ3n) is 3.50. The number of rotatable bonds is 4. The predicted octanol–water partition coefficient (Wildman–Crippen LogP) is 3.21. The highest BCUT2D eigenvalue weighted by Crippen LogP contribution is 2.42. The van der Waals surface area contributed by atoms with E-state index in [1.54, 1.807) is 6.07 Å². The average molecular weight is 285 g/mol. The monoisotopic (exact) mass is 285 g/mol. The maximum absolute atomic E-state index is 13.5. The van der Waals surface area contributed by atoms with Crippen molar-refractivity contribution in [2.75, 3.05) is 0 Å². The normalized spacial score (nSPS) is 14.5. The van der Waals surface area contributed by atoms with Gasteiger partial charge in [0, 0.05) is 18.2 Å². The molecule has 4 rings (SSSR count). The Kier molecular flexibility index (Phi) is 2.80. The van der Waals surface area contributed by atoms with E-state index in [0.29, 0.717) is 17.5 Å². The molecule has 3 aromatic heterocycles. The first-order chi connectivity index (χ1) is 10.3. The Morgan fingerprint density at radius 1 is 1.29 bits per heavy atom. The number of halogens is 1. The number of hydrogen-bond donors (Lipinski definition) is 0. The zero-order valence-corrected chi connectivity index (χ0v) is 11.1. The average Bonchev–Trinajstić information content (AvgIpc) is 3.26. The minimum Gasteiger partial charge on any atom is -0.471 e. The van der Waals surface area contributed by atoms with E-state index in [9.17, 15) is 4.39 Å². The first-order valence-corrected chi connectivity index (χ1v) is 6.80. The second-order valence-corrected chi connectivity index (χ2v) is 5.06. The number of nitrogens with zero attached hydrogens (tertiary/aromatic N) is 3. The quantitative estimate of drug-likeness (QED) is 0.736. The lowest BCUT2D eigenvalue weighted by molar-refractivity contribution is 0.282. The minimum atomic E-state index is -0.394. The van der Waals surface area contributed by atoms with Crippen LogP contribution in [0.25, 0.3) is 11.1 Å². The molecule has 0 spiro atoms.